The van der Waals surface area contributed by atoms with Gasteiger partial charge in [0.05, 0.1) is 5.41 Å². The van der Waals surface area contributed by atoms with Crippen LogP contribution in [-0.2, 0) is 5.41 Å². The first-order valence-corrected chi connectivity index (χ1v) is 25.2. The minimum absolute atomic E-state index is 0.524. The van der Waals surface area contributed by atoms with Crippen molar-refractivity contribution >= 4 is 49.8 Å². The van der Waals surface area contributed by atoms with Crippen molar-refractivity contribution in [1.82, 2.24) is 0 Å². The minimum Gasteiger partial charge on any atom is -0.455 e. The number of benzene rings is 12. The maximum absolute atomic E-state index is 6.58. The Morgan fingerprint density at radius 1 is 0.260 bits per heavy atom. The van der Waals surface area contributed by atoms with E-state index in [1.165, 1.54) is 77.5 Å². The first-order chi connectivity index (χ1) is 36.2. The molecule has 12 aromatic carbocycles. The lowest BCUT2D eigenvalue weighted by atomic mass is 9.70. The van der Waals surface area contributed by atoms with Crippen molar-refractivity contribution in [3.05, 3.63) is 295 Å². The number of fused-ring (bicyclic) bond motifs is 14. The highest BCUT2D eigenvalue weighted by Crippen LogP contribution is 2.64. The van der Waals surface area contributed by atoms with E-state index in [0.717, 1.165) is 61.3 Å². The van der Waals surface area contributed by atoms with Crippen molar-refractivity contribution in [3.8, 4) is 66.8 Å². The monoisotopic (exact) mass is 927 g/mol. The first kappa shape index (κ1) is 41.3. The van der Waals surface area contributed by atoms with Gasteiger partial charge in [0.25, 0.3) is 0 Å². The maximum Gasteiger partial charge on any atom is 0.143 e. The summed E-state index contributed by atoms with van der Waals surface area (Å²) in [6.07, 6.45) is 0. The highest BCUT2D eigenvalue weighted by molar-refractivity contribution is 6.10. The summed E-state index contributed by atoms with van der Waals surface area (Å²) >= 11 is 0. The lowest BCUT2D eigenvalue weighted by Gasteiger charge is -2.32. The maximum atomic E-state index is 6.58. The van der Waals surface area contributed by atoms with E-state index in [4.69, 9.17) is 4.42 Å². The van der Waals surface area contributed by atoms with Crippen molar-refractivity contribution in [2.45, 2.75) is 5.41 Å². The SMILES string of the molecule is c1ccc(-c2ccc3c(c2)C2(c4ccccc4-3)c3ccccc3-c3ccc(N(c4ccc(-c5ccc6oc7c(-c8ccccc8)cccc7c6c5)cc4)c4ccc(-c5cccc6ccccc56)cc4)cc32)cc1. The van der Waals surface area contributed by atoms with Crippen LogP contribution in [0, 0.1) is 0 Å². The standard InChI is InChI=1S/C71H45NO/c1-3-15-46(16-4-1)52-33-40-61-59-22-9-11-27-65(59)71(67(61)44-52)66-28-12-10-23-60(66)62-41-39-55(45-68(62)71)72(54-37-31-50(32-38-54)57-24-13-20-48-19-7-8-21-56(48)57)53-35-29-47(30-36-53)51-34-42-69-64(43-51)63-26-14-25-58(70(63)73-69)49-17-5-2-6-18-49/h1-45H. The van der Waals surface area contributed by atoms with E-state index in [9.17, 15) is 0 Å². The molecule has 15 rings (SSSR count). The number of hydrogen-bond acceptors (Lipinski definition) is 2. The van der Waals surface area contributed by atoms with Gasteiger partial charge in [-0.25, -0.2) is 0 Å². The largest absolute Gasteiger partial charge is 0.455 e. The molecule has 2 aliphatic carbocycles. The van der Waals surface area contributed by atoms with Crippen LogP contribution in [0.15, 0.2) is 277 Å². The van der Waals surface area contributed by atoms with Crippen molar-refractivity contribution in [2.24, 2.45) is 0 Å². The van der Waals surface area contributed by atoms with E-state index in [1.807, 2.05) is 0 Å². The number of anilines is 3. The molecule has 0 aliphatic heterocycles. The first-order valence-electron chi connectivity index (χ1n) is 25.2. The molecule has 1 aromatic heterocycles. The Morgan fingerprint density at radius 2 is 0.726 bits per heavy atom. The Hall–Kier alpha value is -9.50. The molecule has 0 amide bonds. The topological polar surface area (TPSA) is 16.4 Å². The van der Waals surface area contributed by atoms with Gasteiger partial charge in [-0.15, -0.1) is 0 Å². The molecule has 0 radical (unpaired) electrons. The summed E-state index contributed by atoms with van der Waals surface area (Å²) in [6, 6.07) is 100. The van der Waals surface area contributed by atoms with Gasteiger partial charge in [-0.3, -0.25) is 0 Å². The second-order valence-electron chi connectivity index (χ2n) is 19.5. The highest BCUT2D eigenvalue weighted by Gasteiger charge is 2.52. The molecular weight excluding hydrogens is 883 g/mol. The van der Waals surface area contributed by atoms with Crippen LogP contribution in [0.3, 0.4) is 0 Å². The van der Waals surface area contributed by atoms with Crippen molar-refractivity contribution in [3.63, 3.8) is 0 Å². The Labute approximate surface area is 424 Å². The van der Waals surface area contributed by atoms with Gasteiger partial charge in [0.1, 0.15) is 11.2 Å². The van der Waals surface area contributed by atoms with E-state index in [0.29, 0.717) is 0 Å². The van der Waals surface area contributed by atoms with Gasteiger partial charge in [0, 0.05) is 33.4 Å². The van der Waals surface area contributed by atoms with E-state index in [2.05, 4.69) is 278 Å². The van der Waals surface area contributed by atoms with Crippen molar-refractivity contribution in [2.75, 3.05) is 4.90 Å². The summed E-state index contributed by atoms with van der Waals surface area (Å²) in [4.78, 5) is 2.44. The predicted octanol–water partition coefficient (Wildman–Crippen LogP) is 19.2. The van der Waals surface area contributed by atoms with Crippen molar-refractivity contribution < 1.29 is 4.42 Å². The fourth-order valence-corrected chi connectivity index (χ4v) is 12.4. The van der Waals surface area contributed by atoms with E-state index >= 15 is 0 Å². The zero-order valence-corrected chi connectivity index (χ0v) is 39.8. The Bertz CT molecular complexity index is 4280. The lowest BCUT2D eigenvalue weighted by Crippen LogP contribution is -2.26. The molecule has 1 heterocycles. The summed E-state index contributed by atoms with van der Waals surface area (Å²) < 4.78 is 6.58. The molecule has 2 aliphatic rings. The minimum atomic E-state index is -0.524. The summed E-state index contributed by atoms with van der Waals surface area (Å²) in [7, 11) is 0. The molecule has 0 N–H and O–H groups in total. The molecule has 0 bridgehead atoms. The van der Waals surface area contributed by atoms with Gasteiger partial charge in [-0.2, -0.15) is 0 Å². The second-order valence-corrected chi connectivity index (χ2v) is 19.5. The average molecular weight is 928 g/mol. The number of nitrogens with zero attached hydrogens (tertiary/aromatic N) is 1. The average Bonchev–Trinajstić information content (AvgIpc) is 4.10. The van der Waals surface area contributed by atoms with Gasteiger partial charge in [-0.05, 0) is 149 Å². The van der Waals surface area contributed by atoms with E-state index in [1.54, 1.807) is 0 Å². The molecule has 0 saturated carbocycles. The molecule has 1 spiro atoms. The van der Waals surface area contributed by atoms with Crippen LogP contribution in [0.4, 0.5) is 17.1 Å². The van der Waals surface area contributed by atoms with Crippen LogP contribution in [0.25, 0.3) is 99.5 Å². The van der Waals surface area contributed by atoms with Crippen LogP contribution in [0.2, 0.25) is 0 Å². The molecular formula is C71H45NO. The van der Waals surface area contributed by atoms with Gasteiger partial charge < -0.3 is 9.32 Å². The summed E-state index contributed by atoms with van der Waals surface area (Å²) in [5, 5.41) is 4.72. The number of rotatable bonds is 7. The molecule has 340 valence electrons. The molecule has 1 atom stereocenters. The predicted molar refractivity (Wildman–Crippen MR) is 304 cm³/mol. The molecule has 0 fully saturated rings. The fourth-order valence-electron chi connectivity index (χ4n) is 12.4. The Balaban J connectivity index is 0.896. The summed E-state index contributed by atoms with van der Waals surface area (Å²) in [5.41, 5.74) is 24.3. The van der Waals surface area contributed by atoms with Crippen LogP contribution in [0.1, 0.15) is 22.3 Å². The quantitative estimate of drug-likeness (QED) is 0.158. The third kappa shape index (κ3) is 6.30. The van der Waals surface area contributed by atoms with Gasteiger partial charge in [-0.1, -0.05) is 218 Å². The third-order valence-corrected chi connectivity index (χ3v) is 15.7. The Morgan fingerprint density at radius 3 is 1.47 bits per heavy atom. The smallest absolute Gasteiger partial charge is 0.143 e. The molecule has 2 heteroatoms. The zero-order valence-electron chi connectivity index (χ0n) is 39.8. The highest BCUT2D eigenvalue weighted by atomic mass is 16.3. The molecule has 73 heavy (non-hydrogen) atoms. The van der Waals surface area contributed by atoms with Crippen molar-refractivity contribution in [1.29, 1.82) is 0 Å². The number of furan rings is 1. The normalized spacial score (nSPS) is 14.1. The summed E-state index contributed by atoms with van der Waals surface area (Å²) in [6.45, 7) is 0. The number of hydrogen-bond donors (Lipinski definition) is 0. The lowest BCUT2D eigenvalue weighted by molar-refractivity contribution is 0.670. The molecule has 1 unspecified atom stereocenters. The molecule has 13 aromatic rings. The van der Waals surface area contributed by atoms with E-state index < -0.39 is 5.41 Å². The van der Waals surface area contributed by atoms with Gasteiger partial charge in [0.2, 0.25) is 0 Å². The third-order valence-electron chi connectivity index (χ3n) is 15.7. The van der Waals surface area contributed by atoms with Gasteiger partial charge in [0.15, 0.2) is 0 Å². The fraction of sp³-hybridized carbons (Fsp3) is 0.0141. The second kappa shape index (κ2) is 16.3. The van der Waals surface area contributed by atoms with Crippen LogP contribution in [-0.4, -0.2) is 0 Å². The van der Waals surface area contributed by atoms with E-state index in [-0.39, 0.29) is 0 Å². The summed E-state index contributed by atoms with van der Waals surface area (Å²) in [5.74, 6) is 0. The van der Waals surface area contributed by atoms with Crippen LogP contribution in [0.5, 0.6) is 0 Å². The Kier molecular flexibility index (Phi) is 9.21. The van der Waals surface area contributed by atoms with Crippen LogP contribution >= 0.6 is 0 Å². The number of para-hydroxylation sites is 1. The zero-order chi connectivity index (χ0) is 48.0. The van der Waals surface area contributed by atoms with Gasteiger partial charge >= 0.3 is 0 Å². The molecule has 0 saturated heterocycles. The van der Waals surface area contributed by atoms with Crippen LogP contribution < -0.4 is 4.90 Å². The molecule has 2 nitrogen and oxygen atoms in total.